The Morgan fingerprint density at radius 1 is 0.950 bits per heavy atom. The molecule has 8 nitrogen and oxygen atoms in total. The van der Waals surface area contributed by atoms with Crippen LogP contribution in [-0.2, 0) is 20.7 Å². The molecule has 40 heavy (non-hydrogen) atoms. The summed E-state index contributed by atoms with van der Waals surface area (Å²) in [6, 6.07) is 25.2. The van der Waals surface area contributed by atoms with E-state index in [1.54, 1.807) is 36.3 Å². The molecule has 0 unspecified atom stereocenters. The van der Waals surface area contributed by atoms with Gasteiger partial charge in [0.25, 0.3) is 5.91 Å². The van der Waals surface area contributed by atoms with Crippen molar-refractivity contribution in [1.29, 1.82) is 0 Å². The number of hydrogen-bond donors (Lipinski definition) is 1. The van der Waals surface area contributed by atoms with E-state index in [4.69, 9.17) is 9.47 Å². The summed E-state index contributed by atoms with van der Waals surface area (Å²) in [4.78, 5) is 44.1. The molecule has 0 radical (unpaired) electrons. The molecule has 2 aliphatic rings. The predicted octanol–water partition coefficient (Wildman–Crippen LogP) is 3.98. The van der Waals surface area contributed by atoms with Crippen molar-refractivity contribution >= 4 is 17.7 Å². The van der Waals surface area contributed by atoms with Crippen LogP contribution in [0.5, 0.6) is 5.75 Å². The first-order valence-corrected chi connectivity index (χ1v) is 13.7. The molecule has 2 aliphatic heterocycles. The highest BCUT2D eigenvalue weighted by atomic mass is 16.5. The van der Waals surface area contributed by atoms with Crippen molar-refractivity contribution in [2.45, 2.75) is 44.0 Å². The van der Waals surface area contributed by atoms with Gasteiger partial charge in [0, 0.05) is 31.5 Å². The first-order chi connectivity index (χ1) is 19.4. The van der Waals surface area contributed by atoms with Crippen molar-refractivity contribution in [3.8, 4) is 5.75 Å². The topological polar surface area (TPSA) is 88.2 Å². The molecule has 1 N–H and O–H groups in total. The average molecular weight is 542 g/mol. The molecular formula is C32H35N3O5. The Balaban J connectivity index is 1.35. The second-order valence-corrected chi connectivity index (χ2v) is 10.4. The molecule has 3 aromatic rings. The summed E-state index contributed by atoms with van der Waals surface area (Å²) >= 11 is 0. The lowest BCUT2D eigenvalue weighted by Crippen LogP contribution is -2.60. The van der Waals surface area contributed by atoms with Crippen molar-refractivity contribution in [3.63, 3.8) is 0 Å². The first-order valence-electron chi connectivity index (χ1n) is 13.7. The maximum atomic E-state index is 14.0. The second-order valence-electron chi connectivity index (χ2n) is 10.4. The van der Waals surface area contributed by atoms with Gasteiger partial charge in [-0.3, -0.25) is 19.3 Å². The first kappa shape index (κ1) is 27.4. The van der Waals surface area contributed by atoms with Crippen LogP contribution in [0.3, 0.4) is 0 Å². The maximum Gasteiger partial charge on any atom is 0.256 e. The van der Waals surface area contributed by atoms with Gasteiger partial charge in [-0.25, -0.2) is 0 Å². The summed E-state index contributed by atoms with van der Waals surface area (Å²) in [6.45, 7) is 2.89. The molecular weight excluding hydrogens is 506 g/mol. The number of hydrogen-bond acceptors (Lipinski definition) is 5. The summed E-state index contributed by atoms with van der Waals surface area (Å²) in [5, 5.41) is 3.07. The smallest absolute Gasteiger partial charge is 0.256 e. The minimum Gasteiger partial charge on any atom is -0.497 e. The molecule has 2 saturated heterocycles. The Kier molecular flexibility index (Phi) is 8.16. The number of methoxy groups -OCH3 is 1. The number of piperidine rings is 1. The van der Waals surface area contributed by atoms with E-state index < -0.39 is 11.8 Å². The molecule has 5 rings (SSSR count). The van der Waals surface area contributed by atoms with Crippen LogP contribution in [0.4, 0.5) is 0 Å². The zero-order valence-electron chi connectivity index (χ0n) is 22.9. The highest BCUT2D eigenvalue weighted by Crippen LogP contribution is 2.39. The lowest BCUT2D eigenvalue weighted by molar-refractivity contribution is -0.143. The van der Waals surface area contributed by atoms with Crippen molar-refractivity contribution < 1.29 is 23.9 Å². The van der Waals surface area contributed by atoms with Crippen LogP contribution in [0, 0.1) is 0 Å². The number of nitrogens with one attached hydrogen (secondary N) is 1. The molecule has 1 spiro atoms. The molecule has 0 aromatic heterocycles. The fraction of sp³-hybridized carbons (Fsp3) is 0.344. The fourth-order valence-electron chi connectivity index (χ4n) is 5.56. The van der Waals surface area contributed by atoms with Gasteiger partial charge in [-0.05, 0) is 42.3 Å². The SMILES string of the molecule is COc1ccc(C(=O)N2[C@@H](C(=O)N[C@@H](C)c3ccccc3)COC23CCN(C(=O)Cc2ccccc2)CC3)cc1. The quantitative estimate of drug-likeness (QED) is 0.489. The molecule has 208 valence electrons. The third kappa shape index (κ3) is 5.72. The largest absolute Gasteiger partial charge is 0.497 e. The van der Waals surface area contributed by atoms with Gasteiger partial charge in [-0.1, -0.05) is 60.7 Å². The van der Waals surface area contributed by atoms with E-state index in [2.05, 4.69) is 5.32 Å². The van der Waals surface area contributed by atoms with E-state index in [-0.39, 0.29) is 30.4 Å². The van der Waals surface area contributed by atoms with Crippen LogP contribution in [-0.4, -0.2) is 66.1 Å². The van der Waals surface area contributed by atoms with E-state index in [1.807, 2.05) is 72.5 Å². The number of carbonyl (C=O) groups excluding carboxylic acids is 3. The summed E-state index contributed by atoms with van der Waals surface area (Å²) in [5.41, 5.74) is 1.41. The normalized spacial score (nSPS) is 18.8. The van der Waals surface area contributed by atoms with E-state index in [0.29, 0.717) is 43.7 Å². The van der Waals surface area contributed by atoms with Crippen molar-refractivity contribution in [2.75, 3.05) is 26.8 Å². The van der Waals surface area contributed by atoms with Gasteiger partial charge in [0.2, 0.25) is 11.8 Å². The standard InChI is InChI=1S/C32H35N3O5/c1-23(25-11-7-4-8-12-25)33-30(37)28-22-40-32(35(28)31(38)26-13-15-27(39-2)16-14-26)17-19-34(20-18-32)29(36)21-24-9-5-3-6-10-24/h3-16,23,28H,17-22H2,1-2H3,(H,33,37)/t23-,28+/m0/s1. The van der Waals surface area contributed by atoms with Crippen LogP contribution in [0.2, 0.25) is 0 Å². The minimum atomic E-state index is -0.974. The molecule has 0 bridgehead atoms. The molecule has 3 aromatic carbocycles. The van der Waals surface area contributed by atoms with Gasteiger partial charge < -0.3 is 19.7 Å². The fourth-order valence-corrected chi connectivity index (χ4v) is 5.56. The van der Waals surface area contributed by atoms with Gasteiger partial charge in [0.1, 0.15) is 17.5 Å². The maximum absolute atomic E-state index is 14.0. The van der Waals surface area contributed by atoms with Crippen molar-refractivity contribution in [2.24, 2.45) is 0 Å². The second kappa shape index (κ2) is 11.9. The number of benzene rings is 3. The Labute approximate surface area is 234 Å². The summed E-state index contributed by atoms with van der Waals surface area (Å²) in [5.74, 6) is 0.132. The highest BCUT2D eigenvalue weighted by Gasteiger charge is 2.54. The van der Waals surface area contributed by atoms with Gasteiger partial charge in [-0.2, -0.15) is 0 Å². The van der Waals surface area contributed by atoms with Gasteiger partial charge in [0.15, 0.2) is 0 Å². The van der Waals surface area contributed by atoms with Crippen molar-refractivity contribution in [1.82, 2.24) is 15.1 Å². The molecule has 8 heteroatoms. The molecule has 2 fully saturated rings. The number of amides is 3. The molecule has 3 amide bonds. The summed E-state index contributed by atoms with van der Waals surface area (Å²) < 4.78 is 11.6. The van der Waals surface area contributed by atoms with Gasteiger partial charge in [0.05, 0.1) is 26.2 Å². The van der Waals surface area contributed by atoms with Crippen LogP contribution < -0.4 is 10.1 Å². The van der Waals surface area contributed by atoms with Crippen LogP contribution in [0.25, 0.3) is 0 Å². The highest BCUT2D eigenvalue weighted by molar-refractivity contribution is 5.98. The minimum absolute atomic E-state index is 0.0399. The number of carbonyl (C=O) groups is 3. The predicted molar refractivity (Wildman–Crippen MR) is 151 cm³/mol. The summed E-state index contributed by atoms with van der Waals surface area (Å²) in [6.07, 6.45) is 1.17. The number of likely N-dealkylation sites (tertiary alicyclic amines) is 1. The molecule has 2 atom stereocenters. The lowest BCUT2D eigenvalue weighted by Gasteiger charge is -2.44. The van der Waals surface area contributed by atoms with Crippen LogP contribution in [0.1, 0.15) is 47.3 Å². The van der Waals surface area contributed by atoms with E-state index in [9.17, 15) is 14.4 Å². The number of rotatable bonds is 7. The van der Waals surface area contributed by atoms with Gasteiger partial charge >= 0.3 is 0 Å². The third-order valence-corrected chi connectivity index (χ3v) is 7.87. The number of ether oxygens (including phenoxy) is 2. The zero-order valence-corrected chi connectivity index (χ0v) is 22.9. The Bertz CT molecular complexity index is 1320. The van der Waals surface area contributed by atoms with Crippen LogP contribution >= 0.6 is 0 Å². The van der Waals surface area contributed by atoms with E-state index >= 15 is 0 Å². The van der Waals surface area contributed by atoms with E-state index in [0.717, 1.165) is 11.1 Å². The molecule has 0 saturated carbocycles. The Morgan fingerprint density at radius 3 is 2.20 bits per heavy atom. The average Bonchev–Trinajstić information content (AvgIpc) is 3.36. The third-order valence-electron chi connectivity index (χ3n) is 7.87. The Hall–Kier alpha value is -4.17. The number of nitrogens with zero attached hydrogens (tertiary/aromatic N) is 2. The Morgan fingerprint density at radius 2 is 1.57 bits per heavy atom. The van der Waals surface area contributed by atoms with E-state index in [1.165, 1.54) is 0 Å². The lowest BCUT2D eigenvalue weighted by atomic mass is 9.96. The summed E-state index contributed by atoms with van der Waals surface area (Å²) in [7, 11) is 1.57. The monoisotopic (exact) mass is 541 g/mol. The van der Waals surface area contributed by atoms with Crippen LogP contribution in [0.15, 0.2) is 84.9 Å². The zero-order chi connectivity index (χ0) is 28.1. The molecule has 0 aliphatic carbocycles. The van der Waals surface area contributed by atoms with Crippen molar-refractivity contribution in [3.05, 3.63) is 102 Å². The van der Waals surface area contributed by atoms with Gasteiger partial charge in [-0.15, -0.1) is 0 Å². The molecule has 2 heterocycles.